The second kappa shape index (κ2) is 10.1. The molecule has 4 rings (SSSR count). The molecule has 8 heteroatoms. The third kappa shape index (κ3) is 5.64. The Labute approximate surface area is 178 Å². The number of hydrogen-bond acceptors (Lipinski definition) is 6. The van der Waals surface area contributed by atoms with E-state index >= 15 is 0 Å². The minimum absolute atomic E-state index is 0.102. The van der Waals surface area contributed by atoms with Gasteiger partial charge in [-0.3, -0.25) is 24.3 Å². The largest absolute Gasteiger partial charge is 0.354 e. The quantitative estimate of drug-likeness (QED) is 0.743. The molecule has 162 valence electrons. The van der Waals surface area contributed by atoms with Crippen LogP contribution in [-0.4, -0.2) is 74.5 Å². The van der Waals surface area contributed by atoms with Crippen LogP contribution in [0.2, 0.25) is 0 Å². The topological polar surface area (TPSA) is 79.2 Å². The van der Waals surface area contributed by atoms with Crippen molar-refractivity contribution in [2.45, 2.75) is 51.7 Å². The van der Waals surface area contributed by atoms with Crippen molar-refractivity contribution in [2.24, 2.45) is 5.92 Å². The van der Waals surface area contributed by atoms with Crippen molar-refractivity contribution in [3.63, 3.8) is 0 Å². The number of aromatic nitrogens is 4. The molecule has 0 unspecified atom stereocenters. The van der Waals surface area contributed by atoms with Gasteiger partial charge in [0.05, 0.1) is 18.2 Å². The van der Waals surface area contributed by atoms with Gasteiger partial charge in [-0.25, -0.2) is 0 Å². The van der Waals surface area contributed by atoms with Gasteiger partial charge in [0.1, 0.15) is 0 Å². The fourth-order valence-electron chi connectivity index (χ4n) is 4.69. The Morgan fingerprint density at radius 1 is 1.23 bits per heavy atom. The van der Waals surface area contributed by atoms with Crippen molar-refractivity contribution >= 4 is 5.91 Å². The van der Waals surface area contributed by atoms with Crippen molar-refractivity contribution in [2.75, 3.05) is 32.7 Å². The van der Waals surface area contributed by atoms with Gasteiger partial charge < -0.3 is 5.32 Å². The predicted octanol–water partition coefficient (Wildman–Crippen LogP) is 1.47. The van der Waals surface area contributed by atoms with Crippen LogP contribution in [0.5, 0.6) is 0 Å². The highest BCUT2D eigenvalue weighted by Gasteiger charge is 2.31. The van der Waals surface area contributed by atoms with Crippen LogP contribution >= 0.6 is 0 Å². The molecule has 0 saturated carbocycles. The average molecular weight is 412 g/mol. The van der Waals surface area contributed by atoms with E-state index in [-0.39, 0.29) is 11.8 Å². The molecule has 2 aliphatic rings. The Bertz CT molecular complexity index is 801. The smallest absolute Gasteiger partial charge is 0.224 e. The van der Waals surface area contributed by atoms with Crippen LogP contribution in [0.4, 0.5) is 0 Å². The molecule has 2 saturated heterocycles. The number of likely N-dealkylation sites (tertiary alicyclic amines) is 2. The van der Waals surface area contributed by atoms with Crippen molar-refractivity contribution in [3.8, 4) is 0 Å². The number of hydrogen-bond donors (Lipinski definition) is 1. The predicted molar refractivity (Wildman–Crippen MR) is 115 cm³/mol. The van der Waals surface area contributed by atoms with E-state index in [1.807, 2.05) is 31.6 Å². The number of nitrogens with one attached hydrogen (secondary N) is 1. The van der Waals surface area contributed by atoms with Crippen molar-refractivity contribution in [1.29, 1.82) is 0 Å². The molecule has 2 aromatic heterocycles. The lowest BCUT2D eigenvalue weighted by atomic mass is 9.93. The van der Waals surface area contributed by atoms with Crippen molar-refractivity contribution in [1.82, 2.24) is 35.1 Å². The zero-order chi connectivity index (χ0) is 20.8. The van der Waals surface area contributed by atoms with E-state index in [0.29, 0.717) is 19.1 Å². The summed E-state index contributed by atoms with van der Waals surface area (Å²) in [5, 5.41) is 11.1. The van der Waals surface area contributed by atoms with Crippen LogP contribution in [0.15, 0.2) is 30.7 Å². The zero-order valence-corrected chi connectivity index (χ0v) is 17.9. The summed E-state index contributed by atoms with van der Waals surface area (Å²) in [6, 6.07) is 4.76. The zero-order valence-electron chi connectivity index (χ0n) is 17.9. The van der Waals surface area contributed by atoms with E-state index in [1.54, 1.807) is 4.68 Å². The summed E-state index contributed by atoms with van der Waals surface area (Å²) in [5.41, 5.74) is 2.18. The third-order valence-electron chi connectivity index (χ3n) is 6.32. The molecular weight excluding hydrogens is 378 g/mol. The van der Waals surface area contributed by atoms with E-state index in [9.17, 15) is 4.79 Å². The van der Waals surface area contributed by atoms with E-state index in [4.69, 9.17) is 0 Å². The number of amides is 1. The second-order valence-electron chi connectivity index (χ2n) is 8.62. The number of piperidine rings is 2. The highest BCUT2D eigenvalue weighted by atomic mass is 16.1. The Morgan fingerprint density at radius 2 is 2.10 bits per heavy atom. The molecule has 0 bridgehead atoms. The maximum atomic E-state index is 12.7. The van der Waals surface area contributed by atoms with Gasteiger partial charge in [0.25, 0.3) is 0 Å². The lowest BCUT2D eigenvalue weighted by Crippen LogP contribution is -2.50. The van der Waals surface area contributed by atoms with Crippen molar-refractivity contribution < 1.29 is 4.79 Å². The fraction of sp³-hybridized carbons (Fsp3) is 0.636. The van der Waals surface area contributed by atoms with Gasteiger partial charge in [0.15, 0.2) is 0 Å². The van der Waals surface area contributed by atoms with Crippen LogP contribution in [0, 0.1) is 12.8 Å². The molecule has 4 heterocycles. The highest BCUT2D eigenvalue weighted by molar-refractivity contribution is 5.78. The number of aryl methyl sites for hydroxylation is 1. The van der Waals surface area contributed by atoms with Crippen LogP contribution in [0.3, 0.4) is 0 Å². The molecule has 0 spiro atoms. The lowest BCUT2D eigenvalue weighted by molar-refractivity contribution is -0.127. The number of pyridine rings is 1. The lowest BCUT2D eigenvalue weighted by Gasteiger charge is -2.42. The average Bonchev–Trinajstić information content (AvgIpc) is 3.20. The fourth-order valence-corrected chi connectivity index (χ4v) is 4.69. The molecule has 30 heavy (non-hydrogen) atoms. The Balaban J connectivity index is 1.19. The molecule has 0 aliphatic carbocycles. The normalized spacial score (nSPS) is 21.6. The minimum Gasteiger partial charge on any atom is -0.354 e. The first kappa shape index (κ1) is 20.9. The van der Waals surface area contributed by atoms with Gasteiger partial charge in [-0.2, -0.15) is 0 Å². The van der Waals surface area contributed by atoms with Crippen LogP contribution < -0.4 is 5.32 Å². The van der Waals surface area contributed by atoms with E-state index < -0.39 is 0 Å². The summed E-state index contributed by atoms with van der Waals surface area (Å²) >= 11 is 0. The Morgan fingerprint density at radius 3 is 2.83 bits per heavy atom. The van der Waals surface area contributed by atoms with Gasteiger partial charge >= 0.3 is 0 Å². The molecule has 2 aromatic rings. The molecule has 8 nitrogen and oxygen atoms in total. The van der Waals surface area contributed by atoms with E-state index in [1.165, 1.54) is 18.4 Å². The first-order valence-electron chi connectivity index (χ1n) is 11.2. The maximum absolute atomic E-state index is 12.7. The molecule has 2 aliphatic heterocycles. The minimum atomic E-state index is 0.102. The summed E-state index contributed by atoms with van der Waals surface area (Å²) in [5.74, 6) is 0.287. The number of carbonyl (C=O) groups is 1. The number of rotatable bonds is 7. The van der Waals surface area contributed by atoms with Gasteiger partial charge in [-0.05, 0) is 63.9 Å². The first-order chi connectivity index (χ1) is 14.7. The van der Waals surface area contributed by atoms with Crippen LogP contribution in [-0.2, 0) is 17.9 Å². The first-order valence-corrected chi connectivity index (χ1v) is 11.2. The molecular formula is C22H33N7O. The summed E-state index contributed by atoms with van der Waals surface area (Å²) < 4.78 is 1.78. The molecule has 0 radical (unpaired) electrons. The van der Waals surface area contributed by atoms with Gasteiger partial charge in [0.2, 0.25) is 5.91 Å². The molecule has 1 atom stereocenters. The number of carbonyl (C=O) groups excluding carboxylic acids is 1. The van der Waals surface area contributed by atoms with Gasteiger partial charge in [-0.1, -0.05) is 11.3 Å². The molecule has 1 amide bonds. The van der Waals surface area contributed by atoms with Crippen LogP contribution in [0.25, 0.3) is 0 Å². The SMILES string of the molecule is Cc1cn(CCNC(=O)[C@@H]2CCCN(C3CCN(Cc4cccnc4)CC3)C2)nn1. The van der Waals surface area contributed by atoms with E-state index in [0.717, 1.165) is 51.3 Å². The maximum Gasteiger partial charge on any atom is 0.224 e. The highest BCUT2D eigenvalue weighted by Crippen LogP contribution is 2.24. The van der Waals surface area contributed by atoms with Gasteiger partial charge in [0, 0.05) is 44.3 Å². The number of nitrogens with zero attached hydrogens (tertiary/aromatic N) is 6. The van der Waals surface area contributed by atoms with Crippen LogP contribution in [0.1, 0.15) is 36.9 Å². The third-order valence-corrected chi connectivity index (χ3v) is 6.32. The Hall–Kier alpha value is -2.32. The summed E-state index contributed by atoms with van der Waals surface area (Å²) in [6.45, 7) is 8.41. The summed E-state index contributed by atoms with van der Waals surface area (Å²) in [7, 11) is 0. The summed E-state index contributed by atoms with van der Waals surface area (Å²) in [6.07, 6.45) is 10.1. The standard InChI is InChI=1S/C22H33N7O/c1-18-15-29(26-25-18)13-9-24-22(30)20-5-3-10-28(17-20)21-6-11-27(12-7-21)16-19-4-2-8-23-14-19/h2,4,8,14-15,20-21H,3,5-7,9-13,16-17H2,1H3,(H,24,30)/t20-/m1/s1. The Kier molecular flexibility index (Phi) is 7.07. The monoisotopic (exact) mass is 411 g/mol. The molecule has 1 N–H and O–H groups in total. The molecule has 2 fully saturated rings. The summed E-state index contributed by atoms with van der Waals surface area (Å²) in [4.78, 5) is 22.0. The van der Waals surface area contributed by atoms with Crippen molar-refractivity contribution in [3.05, 3.63) is 42.0 Å². The van der Waals surface area contributed by atoms with Gasteiger partial charge in [-0.15, -0.1) is 5.10 Å². The van der Waals surface area contributed by atoms with E-state index in [2.05, 4.69) is 36.5 Å². The molecule has 0 aromatic carbocycles. The second-order valence-corrected chi connectivity index (χ2v) is 8.62.